The summed E-state index contributed by atoms with van der Waals surface area (Å²) in [6.45, 7) is 2.40. The Morgan fingerprint density at radius 1 is 1.11 bits per heavy atom. The first-order valence-electron chi connectivity index (χ1n) is 8.88. The first-order chi connectivity index (χ1) is 13.7. The lowest BCUT2D eigenvalue weighted by molar-refractivity contribution is -0.112. The largest absolute Gasteiger partial charge is 0.493 e. The van der Waals surface area contributed by atoms with Crippen molar-refractivity contribution >= 4 is 28.4 Å². The maximum absolute atomic E-state index is 12.7. The summed E-state index contributed by atoms with van der Waals surface area (Å²) in [5, 5.41) is 14.2. The number of fused-ring (bicyclic) bond motifs is 1. The van der Waals surface area contributed by atoms with Crippen LogP contribution in [0.15, 0.2) is 66.2 Å². The number of hydrogen-bond donors (Lipinski definition) is 1. The van der Waals surface area contributed by atoms with E-state index in [1.54, 1.807) is 25.3 Å². The van der Waals surface area contributed by atoms with Crippen molar-refractivity contribution in [2.45, 2.75) is 6.92 Å². The van der Waals surface area contributed by atoms with Crippen LogP contribution in [-0.4, -0.2) is 19.6 Å². The SMILES string of the molecule is CCOc1ccc(/C=C(\C#N)C(=O)Nc2cccc3ccccc23)cc1OC. The highest BCUT2D eigenvalue weighted by atomic mass is 16.5. The van der Waals surface area contributed by atoms with Crippen molar-refractivity contribution in [2.75, 3.05) is 19.0 Å². The number of hydrogen-bond acceptors (Lipinski definition) is 4. The van der Waals surface area contributed by atoms with Gasteiger partial charge < -0.3 is 14.8 Å². The number of carbonyl (C=O) groups excluding carboxylic acids is 1. The molecule has 1 amide bonds. The van der Waals surface area contributed by atoms with Gasteiger partial charge in [0, 0.05) is 11.1 Å². The first kappa shape index (κ1) is 19.0. The summed E-state index contributed by atoms with van der Waals surface area (Å²) < 4.78 is 10.8. The molecular weight excluding hydrogens is 352 g/mol. The Labute approximate surface area is 163 Å². The zero-order valence-electron chi connectivity index (χ0n) is 15.7. The van der Waals surface area contributed by atoms with Crippen molar-refractivity contribution in [3.63, 3.8) is 0 Å². The van der Waals surface area contributed by atoms with E-state index < -0.39 is 5.91 Å². The van der Waals surface area contributed by atoms with Gasteiger partial charge in [-0.15, -0.1) is 0 Å². The molecule has 0 heterocycles. The molecule has 5 nitrogen and oxygen atoms in total. The average molecular weight is 372 g/mol. The Kier molecular flexibility index (Phi) is 5.93. The monoisotopic (exact) mass is 372 g/mol. The van der Waals surface area contributed by atoms with E-state index in [0.717, 1.165) is 10.8 Å². The van der Waals surface area contributed by atoms with Crippen LogP contribution in [0.3, 0.4) is 0 Å². The summed E-state index contributed by atoms with van der Waals surface area (Å²) in [6, 6.07) is 20.6. The number of benzene rings is 3. The molecule has 0 saturated heterocycles. The van der Waals surface area contributed by atoms with Crippen molar-refractivity contribution in [3.8, 4) is 17.6 Å². The molecule has 0 bridgehead atoms. The number of carbonyl (C=O) groups is 1. The molecule has 0 spiro atoms. The summed E-state index contributed by atoms with van der Waals surface area (Å²) >= 11 is 0. The summed E-state index contributed by atoms with van der Waals surface area (Å²) in [4.78, 5) is 12.7. The fourth-order valence-corrected chi connectivity index (χ4v) is 2.89. The van der Waals surface area contributed by atoms with Gasteiger partial charge in [0.2, 0.25) is 0 Å². The molecular formula is C23H20N2O3. The van der Waals surface area contributed by atoms with Gasteiger partial charge in [-0.05, 0) is 42.1 Å². The van der Waals surface area contributed by atoms with E-state index in [-0.39, 0.29) is 5.57 Å². The molecule has 5 heteroatoms. The zero-order chi connectivity index (χ0) is 19.9. The molecule has 0 aliphatic heterocycles. The highest BCUT2D eigenvalue weighted by molar-refractivity contribution is 6.12. The van der Waals surface area contributed by atoms with Crippen LogP contribution < -0.4 is 14.8 Å². The van der Waals surface area contributed by atoms with Gasteiger partial charge in [-0.3, -0.25) is 4.79 Å². The number of nitriles is 1. The van der Waals surface area contributed by atoms with Gasteiger partial charge in [-0.2, -0.15) is 5.26 Å². The van der Waals surface area contributed by atoms with Crippen molar-refractivity contribution in [1.82, 2.24) is 0 Å². The minimum absolute atomic E-state index is 0.000790. The van der Waals surface area contributed by atoms with Gasteiger partial charge in [0.15, 0.2) is 11.5 Å². The fourth-order valence-electron chi connectivity index (χ4n) is 2.89. The van der Waals surface area contributed by atoms with Crippen molar-refractivity contribution in [1.29, 1.82) is 5.26 Å². The van der Waals surface area contributed by atoms with Crippen LogP contribution in [0.4, 0.5) is 5.69 Å². The number of anilines is 1. The van der Waals surface area contributed by atoms with Crippen LogP contribution in [0.5, 0.6) is 11.5 Å². The zero-order valence-corrected chi connectivity index (χ0v) is 15.7. The fraction of sp³-hybridized carbons (Fsp3) is 0.130. The van der Waals surface area contributed by atoms with Crippen LogP contribution >= 0.6 is 0 Å². The molecule has 3 aromatic carbocycles. The molecule has 1 N–H and O–H groups in total. The van der Waals surface area contributed by atoms with Crippen LogP contribution in [0, 0.1) is 11.3 Å². The third-order valence-corrected chi connectivity index (χ3v) is 4.20. The lowest BCUT2D eigenvalue weighted by atomic mass is 10.1. The lowest BCUT2D eigenvalue weighted by Crippen LogP contribution is -2.13. The van der Waals surface area contributed by atoms with Gasteiger partial charge >= 0.3 is 0 Å². The lowest BCUT2D eigenvalue weighted by Gasteiger charge is -2.10. The Bertz CT molecular complexity index is 1080. The van der Waals surface area contributed by atoms with Crippen LogP contribution in [0.2, 0.25) is 0 Å². The molecule has 140 valence electrons. The molecule has 0 fully saturated rings. The van der Waals surface area contributed by atoms with Gasteiger partial charge in [-0.1, -0.05) is 42.5 Å². The number of ether oxygens (including phenoxy) is 2. The molecule has 3 aromatic rings. The van der Waals surface area contributed by atoms with E-state index in [2.05, 4.69) is 5.32 Å². The van der Waals surface area contributed by atoms with Gasteiger partial charge in [0.1, 0.15) is 11.6 Å². The van der Waals surface area contributed by atoms with E-state index in [0.29, 0.717) is 29.4 Å². The minimum atomic E-state index is -0.466. The van der Waals surface area contributed by atoms with E-state index in [1.807, 2.05) is 55.5 Å². The highest BCUT2D eigenvalue weighted by Crippen LogP contribution is 2.29. The number of amides is 1. The quantitative estimate of drug-likeness (QED) is 0.499. The maximum atomic E-state index is 12.7. The van der Waals surface area contributed by atoms with Gasteiger partial charge in [-0.25, -0.2) is 0 Å². The third-order valence-electron chi connectivity index (χ3n) is 4.20. The van der Waals surface area contributed by atoms with Gasteiger partial charge in [0.25, 0.3) is 5.91 Å². The average Bonchev–Trinajstić information content (AvgIpc) is 2.73. The second-order valence-corrected chi connectivity index (χ2v) is 5.99. The molecule has 0 aliphatic carbocycles. The van der Waals surface area contributed by atoms with Crippen molar-refractivity contribution in [2.24, 2.45) is 0 Å². The minimum Gasteiger partial charge on any atom is -0.493 e. The van der Waals surface area contributed by atoms with E-state index in [4.69, 9.17) is 9.47 Å². The summed E-state index contributed by atoms with van der Waals surface area (Å²) in [5.74, 6) is 0.690. The molecule has 28 heavy (non-hydrogen) atoms. The molecule has 0 aromatic heterocycles. The first-order valence-corrected chi connectivity index (χ1v) is 8.88. The third kappa shape index (κ3) is 4.13. The maximum Gasteiger partial charge on any atom is 0.266 e. The summed E-state index contributed by atoms with van der Waals surface area (Å²) in [7, 11) is 1.55. The normalized spacial score (nSPS) is 11.0. The van der Waals surface area contributed by atoms with Gasteiger partial charge in [0.05, 0.1) is 13.7 Å². The predicted octanol–water partition coefficient (Wildman–Crippen LogP) is 4.79. The smallest absolute Gasteiger partial charge is 0.266 e. The molecule has 0 unspecified atom stereocenters. The molecule has 3 rings (SSSR count). The predicted molar refractivity (Wildman–Crippen MR) is 110 cm³/mol. The van der Waals surface area contributed by atoms with Crippen LogP contribution in [-0.2, 0) is 4.79 Å². The molecule has 0 radical (unpaired) electrons. The van der Waals surface area contributed by atoms with Crippen LogP contribution in [0.25, 0.3) is 16.8 Å². The Morgan fingerprint density at radius 2 is 1.89 bits per heavy atom. The van der Waals surface area contributed by atoms with E-state index >= 15 is 0 Å². The second-order valence-electron chi connectivity index (χ2n) is 5.99. The topological polar surface area (TPSA) is 71.3 Å². The molecule has 0 saturated carbocycles. The van der Waals surface area contributed by atoms with Crippen LogP contribution in [0.1, 0.15) is 12.5 Å². The number of methoxy groups -OCH3 is 1. The Balaban J connectivity index is 1.88. The highest BCUT2D eigenvalue weighted by Gasteiger charge is 2.12. The summed E-state index contributed by atoms with van der Waals surface area (Å²) in [5.41, 5.74) is 1.33. The molecule has 0 aliphatic rings. The van der Waals surface area contributed by atoms with E-state index in [1.165, 1.54) is 6.08 Å². The van der Waals surface area contributed by atoms with Crippen molar-refractivity contribution < 1.29 is 14.3 Å². The summed E-state index contributed by atoms with van der Waals surface area (Å²) in [6.07, 6.45) is 1.53. The second kappa shape index (κ2) is 8.74. The number of rotatable bonds is 6. The standard InChI is InChI=1S/C23H20N2O3/c1-3-28-21-12-11-16(14-22(21)27-2)13-18(15-24)23(26)25-20-10-6-8-17-7-4-5-9-19(17)20/h4-14H,3H2,1-2H3,(H,25,26)/b18-13+. The number of nitrogens with zero attached hydrogens (tertiary/aromatic N) is 1. The number of nitrogens with one attached hydrogen (secondary N) is 1. The van der Waals surface area contributed by atoms with E-state index in [9.17, 15) is 10.1 Å². The van der Waals surface area contributed by atoms with Crippen molar-refractivity contribution in [3.05, 3.63) is 71.8 Å². The Hall–Kier alpha value is -3.78. The molecule has 0 atom stereocenters. The Morgan fingerprint density at radius 3 is 2.64 bits per heavy atom.